The number of aryl methyl sites for hydroxylation is 1. The highest BCUT2D eigenvalue weighted by Crippen LogP contribution is 2.38. The highest BCUT2D eigenvalue weighted by molar-refractivity contribution is 8.26. The molecule has 2 aliphatic heterocycles. The normalized spacial score (nSPS) is 21.8. The molecular formula is C22H24N4O2S3. The molecule has 31 heavy (non-hydrogen) atoms. The quantitative estimate of drug-likeness (QED) is 0.499. The molecule has 1 aliphatic carbocycles. The van der Waals surface area contributed by atoms with E-state index in [1.165, 1.54) is 11.8 Å². The topological polar surface area (TPSA) is 57.9 Å². The lowest BCUT2D eigenvalue weighted by atomic mass is 10.2. The predicted molar refractivity (Wildman–Crippen MR) is 133 cm³/mol. The van der Waals surface area contributed by atoms with Crippen molar-refractivity contribution in [2.24, 2.45) is 0 Å². The maximum absolute atomic E-state index is 13.5. The van der Waals surface area contributed by atoms with E-state index in [-0.39, 0.29) is 17.5 Å². The summed E-state index contributed by atoms with van der Waals surface area (Å²) >= 11 is 8.76. The van der Waals surface area contributed by atoms with Gasteiger partial charge in [0.2, 0.25) is 0 Å². The Balaban J connectivity index is 1.62. The molecule has 0 radical (unpaired) electrons. The largest absolute Gasteiger partial charge is 0.354 e. The van der Waals surface area contributed by atoms with Crippen molar-refractivity contribution < 1.29 is 4.79 Å². The summed E-state index contributed by atoms with van der Waals surface area (Å²) in [7, 11) is 0. The second kappa shape index (κ2) is 8.60. The van der Waals surface area contributed by atoms with Crippen LogP contribution >= 0.6 is 35.7 Å². The predicted octanol–water partition coefficient (Wildman–Crippen LogP) is 3.70. The Bertz CT molecular complexity index is 1150. The van der Waals surface area contributed by atoms with Crippen molar-refractivity contribution in [1.29, 1.82) is 0 Å². The molecule has 4 heterocycles. The van der Waals surface area contributed by atoms with E-state index in [4.69, 9.17) is 17.2 Å². The van der Waals surface area contributed by atoms with E-state index in [1.807, 2.05) is 37.0 Å². The number of amides is 1. The van der Waals surface area contributed by atoms with Gasteiger partial charge in [-0.15, -0.1) is 0 Å². The molecular weight excluding hydrogens is 448 g/mol. The summed E-state index contributed by atoms with van der Waals surface area (Å²) in [4.78, 5) is 36.1. The summed E-state index contributed by atoms with van der Waals surface area (Å²) < 4.78 is 2.19. The summed E-state index contributed by atoms with van der Waals surface area (Å²) in [5, 5.41) is 0. The average molecular weight is 473 g/mol. The number of thiocarbonyl (C=S) groups is 1. The maximum atomic E-state index is 13.5. The van der Waals surface area contributed by atoms with Gasteiger partial charge in [0.1, 0.15) is 15.8 Å². The molecule has 9 heteroatoms. The molecule has 0 unspecified atom stereocenters. The van der Waals surface area contributed by atoms with Gasteiger partial charge in [0, 0.05) is 36.8 Å². The van der Waals surface area contributed by atoms with Crippen molar-refractivity contribution in [3.8, 4) is 0 Å². The minimum Gasteiger partial charge on any atom is -0.354 e. The summed E-state index contributed by atoms with van der Waals surface area (Å²) in [6, 6.07) is 4.03. The molecule has 1 saturated carbocycles. The van der Waals surface area contributed by atoms with Gasteiger partial charge in [0.05, 0.1) is 10.5 Å². The molecule has 162 valence electrons. The average Bonchev–Trinajstić information content (AvgIpc) is 3.39. The van der Waals surface area contributed by atoms with E-state index >= 15 is 0 Å². The number of hydrogen-bond donors (Lipinski definition) is 0. The molecule has 3 aliphatic rings. The fourth-order valence-electron chi connectivity index (χ4n) is 4.48. The number of hydrogen-bond acceptors (Lipinski definition) is 7. The van der Waals surface area contributed by atoms with Crippen LogP contribution in [0.5, 0.6) is 0 Å². The molecule has 6 nitrogen and oxygen atoms in total. The van der Waals surface area contributed by atoms with Gasteiger partial charge in [-0.3, -0.25) is 18.9 Å². The second-order valence-corrected chi connectivity index (χ2v) is 11.1. The second-order valence-electron chi connectivity index (χ2n) is 8.18. The highest BCUT2D eigenvalue weighted by Gasteiger charge is 2.38. The smallest absolute Gasteiger partial charge is 0.267 e. The van der Waals surface area contributed by atoms with Gasteiger partial charge in [-0.1, -0.05) is 42.9 Å². The van der Waals surface area contributed by atoms with Gasteiger partial charge in [-0.2, -0.15) is 11.8 Å². The van der Waals surface area contributed by atoms with Gasteiger partial charge in [0.25, 0.3) is 11.5 Å². The van der Waals surface area contributed by atoms with Crippen LogP contribution in [0.1, 0.15) is 36.8 Å². The standard InChI is InChI=1S/C22H24N4O2S3/c1-14-6-7-18-23-19(24-8-10-30-11-9-24)16(20(27)25(18)13-14)12-17-21(28)26(22(29)31-17)15-4-2-3-5-15/h6-7,12-13,15H,2-5,8-11H2,1H3/b17-12-. The zero-order valence-electron chi connectivity index (χ0n) is 17.4. The molecule has 1 amide bonds. The van der Waals surface area contributed by atoms with Crippen LogP contribution in [-0.4, -0.2) is 55.1 Å². The van der Waals surface area contributed by atoms with Gasteiger partial charge < -0.3 is 4.90 Å². The van der Waals surface area contributed by atoms with E-state index in [1.54, 1.807) is 15.4 Å². The van der Waals surface area contributed by atoms with Crippen molar-refractivity contribution in [2.45, 2.75) is 38.6 Å². The minimum atomic E-state index is -0.145. The third-order valence-electron chi connectivity index (χ3n) is 6.08. The Morgan fingerprint density at radius 3 is 2.65 bits per heavy atom. The monoisotopic (exact) mass is 472 g/mol. The molecule has 0 atom stereocenters. The number of carbonyl (C=O) groups is 1. The number of aromatic nitrogens is 2. The number of pyridine rings is 1. The lowest BCUT2D eigenvalue weighted by Gasteiger charge is -2.28. The Morgan fingerprint density at radius 2 is 1.90 bits per heavy atom. The Morgan fingerprint density at radius 1 is 1.16 bits per heavy atom. The molecule has 2 aromatic rings. The number of nitrogens with zero attached hydrogens (tertiary/aromatic N) is 4. The van der Waals surface area contributed by atoms with Crippen LogP contribution in [0.4, 0.5) is 5.82 Å². The molecule has 0 bridgehead atoms. The third-order valence-corrected chi connectivity index (χ3v) is 8.36. The SMILES string of the molecule is Cc1ccc2nc(N3CCSCC3)c(/C=C3\SC(=S)N(C4CCCC4)C3=O)c(=O)n2c1. The van der Waals surface area contributed by atoms with Crippen LogP contribution in [0.15, 0.2) is 28.0 Å². The lowest BCUT2D eigenvalue weighted by Crippen LogP contribution is -2.37. The number of fused-ring (bicyclic) bond motifs is 1. The Hall–Kier alpha value is -1.84. The molecule has 0 aromatic carbocycles. The van der Waals surface area contributed by atoms with Gasteiger partial charge in [-0.05, 0) is 37.5 Å². The molecule has 2 saturated heterocycles. The van der Waals surface area contributed by atoms with Crippen molar-refractivity contribution in [3.63, 3.8) is 0 Å². The van der Waals surface area contributed by atoms with Crippen LogP contribution in [0.2, 0.25) is 0 Å². The first-order valence-electron chi connectivity index (χ1n) is 10.7. The van der Waals surface area contributed by atoms with Gasteiger partial charge in [0.15, 0.2) is 0 Å². The number of carbonyl (C=O) groups excluding carboxylic acids is 1. The number of thioether (sulfide) groups is 2. The van der Waals surface area contributed by atoms with Crippen molar-refractivity contribution in [3.05, 3.63) is 44.7 Å². The number of rotatable bonds is 3. The van der Waals surface area contributed by atoms with Gasteiger partial charge >= 0.3 is 0 Å². The van der Waals surface area contributed by atoms with Crippen LogP contribution < -0.4 is 10.5 Å². The van der Waals surface area contributed by atoms with Gasteiger partial charge in [-0.25, -0.2) is 4.98 Å². The Labute approximate surface area is 195 Å². The number of anilines is 1. The summed E-state index contributed by atoms with van der Waals surface area (Å²) in [5.41, 5.74) is 1.94. The minimum absolute atomic E-state index is 0.0733. The molecule has 2 aromatic heterocycles. The van der Waals surface area contributed by atoms with Crippen molar-refractivity contribution in [1.82, 2.24) is 14.3 Å². The first-order valence-corrected chi connectivity index (χ1v) is 13.0. The molecule has 5 rings (SSSR count). The highest BCUT2D eigenvalue weighted by atomic mass is 32.2. The summed E-state index contributed by atoms with van der Waals surface area (Å²) in [6.45, 7) is 3.63. The first-order chi connectivity index (χ1) is 15.0. The molecule has 3 fully saturated rings. The first kappa shape index (κ1) is 21.0. The van der Waals surface area contributed by atoms with Crippen LogP contribution in [0.25, 0.3) is 11.7 Å². The zero-order chi connectivity index (χ0) is 21.5. The molecule has 0 spiro atoms. The van der Waals surface area contributed by atoms with Crippen molar-refractivity contribution >= 4 is 63.5 Å². The fraction of sp³-hybridized carbons (Fsp3) is 0.455. The van der Waals surface area contributed by atoms with E-state index in [2.05, 4.69) is 4.90 Å². The molecule has 0 N–H and O–H groups in total. The maximum Gasteiger partial charge on any atom is 0.267 e. The van der Waals surface area contributed by atoms with Crippen LogP contribution in [0.3, 0.4) is 0 Å². The zero-order valence-corrected chi connectivity index (χ0v) is 19.8. The summed E-state index contributed by atoms with van der Waals surface area (Å²) in [5.74, 6) is 2.59. The van der Waals surface area contributed by atoms with E-state index in [0.717, 1.165) is 55.8 Å². The Kier molecular flexibility index (Phi) is 5.83. The third kappa shape index (κ3) is 3.91. The summed E-state index contributed by atoms with van der Waals surface area (Å²) in [6.07, 6.45) is 7.79. The van der Waals surface area contributed by atoms with Crippen LogP contribution in [-0.2, 0) is 4.79 Å². The van der Waals surface area contributed by atoms with E-state index in [0.29, 0.717) is 26.3 Å². The van der Waals surface area contributed by atoms with E-state index < -0.39 is 0 Å². The fourth-order valence-corrected chi connectivity index (χ4v) is 6.76. The lowest BCUT2D eigenvalue weighted by molar-refractivity contribution is -0.123. The van der Waals surface area contributed by atoms with E-state index in [9.17, 15) is 9.59 Å². The van der Waals surface area contributed by atoms with Crippen LogP contribution in [0, 0.1) is 6.92 Å². The van der Waals surface area contributed by atoms with Crippen molar-refractivity contribution in [2.75, 3.05) is 29.5 Å².